The molecule has 1 saturated carbocycles. The Bertz CT molecular complexity index is 1010. The highest BCUT2D eigenvalue weighted by atomic mass is 16.5. The van der Waals surface area contributed by atoms with Gasteiger partial charge in [0, 0.05) is 11.3 Å². The third kappa shape index (κ3) is 2.86. The molecule has 1 heterocycles. The van der Waals surface area contributed by atoms with Crippen molar-refractivity contribution in [3.05, 3.63) is 64.4 Å². The summed E-state index contributed by atoms with van der Waals surface area (Å²) in [4.78, 5) is 13.0. The first-order chi connectivity index (χ1) is 12.8. The second-order valence-corrected chi connectivity index (χ2v) is 8.29. The van der Waals surface area contributed by atoms with Crippen LogP contribution in [0.5, 0.6) is 5.75 Å². The van der Waals surface area contributed by atoms with Crippen LogP contribution in [0.3, 0.4) is 0 Å². The summed E-state index contributed by atoms with van der Waals surface area (Å²) in [6.07, 6.45) is 1.73. The third-order valence-corrected chi connectivity index (χ3v) is 6.02. The van der Waals surface area contributed by atoms with Gasteiger partial charge in [0.15, 0.2) is 17.1 Å². The number of ketones is 1. The molecule has 1 aromatic heterocycles. The third-order valence-electron chi connectivity index (χ3n) is 6.02. The number of para-hydroxylation sites is 1. The van der Waals surface area contributed by atoms with Gasteiger partial charge in [-0.15, -0.1) is 0 Å². The maximum Gasteiger partial charge on any atom is 0.201 e. The van der Waals surface area contributed by atoms with Gasteiger partial charge in [-0.25, -0.2) is 0 Å². The van der Waals surface area contributed by atoms with E-state index in [2.05, 4.69) is 39.8 Å². The van der Waals surface area contributed by atoms with Crippen molar-refractivity contribution in [2.24, 2.45) is 5.92 Å². The highest BCUT2D eigenvalue weighted by Gasteiger charge is 2.47. The van der Waals surface area contributed by atoms with Crippen LogP contribution in [0.4, 0.5) is 0 Å². The molecule has 3 nitrogen and oxygen atoms in total. The normalized spacial score (nSPS) is 21.9. The van der Waals surface area contributed by atoms with Crippen molar-refractivity contribution in [2.75, 3.05) is 7.11 Å². The Kier molecular flexibility index (Phi) is 4.14. The fraction of sp³-hybridized carbons (Fsp3) is 0.375. The Morgan fingerprint density at radius 1 is 1.11 bits per heavy atom. The van der Waals surface area contributed by atoms with Crippen LogP contribution < -0.4 is 4.74 Å². The van der Waals surface area contributed by atoms with Gasteiger partial charge in [0.25, 0.3) is 0 Å². The standard InChI is InChI=1S/C24H26O3/c1-14-9-15(2)21(16(3)10-14)24(4)12-18(13-24)22(25)20-11-17-7-6-8-19(26-5)23(17)27-20/h6-11,18H,12-13H2,1-5H3. The van der Waals surface area contributed by atoms with Crippen molar-refractivity contribution in [2.45, 2.75) is 46.0 Å². The lowest BCUT2D eigenvalue weighted by molar-refractivity contribution is 0.0704. The van der Waals surface area contributed by atoms with E-state index in [4.69, 9.17) is 9.15 Å². The molecule has 1 aliphatic carbocycles. The van der Waals surface area contributed by atoms with Crippen LogP contribution in [0.25, 0.3) is 11.0 Å². The number of furan rings is 1. The average Bonchev–Trinajstić information content (AvgIpc) is 3.02. The molecule has 0 atom stereocenters. The zero-order valence-corrected chi connectivity index (χ0v) is 16.7. The largest absolute Gasteiger partial charge is 0.493 e. The molecule has 0 unspecified atom stereocenters. The second kappa shape index (κ2) is 6.26. The zero-order chi connectivity index (χ0) is 19.3. The van der Waals surface area contributed by atoms with Gasteiger partial charge in [-0.3, -0.25) is 4.79 Å². The SMILES string of the molecule is COc1cccc2cc(C(=O)C3CC(C)(c4c(C)cc(C)cc4C)C3)oc12. The summed E-state index contributed by atoms with van der Waals surface area (Å²) in [5.74, 6) is 1.23. The van der Waals surface area contributed by atoms with Crippen molar-refractivity contribution >= 4 is 16.8 Å². The summed E-state index contributed by atoms with van der Waals surface area (Å²) in [5, 5.41) is 0.907. The number of carbonyl (C=O) groups is 1. The van der Waals surface area contributed by atoms with E-state index in [1.54, 1.807) is 7.11 Å². The minimum absolute atomic E-state index is 0.0154. The highest BCUT2D eigenvalue weighted by Crippen LogP contribution is 2.51. The maximum absolute atomic E-state index is 13.0. The number of ether oxygens (including phenoxy) is 1. The van der Waals surface area contributed by atoms with E-state index in [-0.39, 0.29) is 17.1 Å². The minimum Gasteiger partial charge on any atom is -0.493 e. The first kappa shape index (κ1) is 17.8. The van der Waals surface area contributed by atoms with Crippen LogP contribution in [-0.4, -0.2) is 12.9 Å². The Morgan fingerprint density at radius 3 is 2.41 bits per heavy atom. The van der Waals surface area contributed by atoms with Gasteiger partial charge >= 0.3 is 0 Å². The molecule has 3 heteroatoms. The van der Waals surface area contributed by atoms with Gasteiger partial charge in [0.2, 0.25) is 5.78 Å². The van der Waals surface area contributed by atoms with Gasteiger partial charge in [-0.2, -0.15) is 0 Å². The van der Waals surface area contributed by atoms with Crippen LogP contribution in [0, 0.1) is 26.7 Å². The van der Waals surface area contributed by atoms with E-state index < -0.39 is 0 Å². The predicted octanol–water partition coefficient (Wildman–Crippen LogP) is 5.92. The minimum atomic E-state index is 0.0154. The van der Waals surface area contributed by atoms with Crippen LogP contribution >= 0.6 is 0 Å². The number of aryl methyl sites for hydroxylation is 3. The molecule has 3 aromatic rings. The van der Waals surface area contributed by atoms with Crippen LogP contribution in [0.1, 0.15) is 52.6 Å². The quantitative estimate of drug-likeness (QED) is 0.541. The Hall–Kier alpha value is -2.55. The molecule has 2 aromatic carbocycles. The molecule has 1 fully saturated rings. The number of hydrogen-bond acceptors (Lipinski definition) is 3. The Balaban J connectivity index is 1.58. The smallest absolute Gasteiger partial charge is 0.201 e. The zero-order valence-electron chi connectivity index (χ0n) is 16.7. The topological polar surface area (TPSA) is 39.4 Å². The van der Waals surface area contributed by atoms with Crippen molar-refractivity contribution in [3.63, 3.8) is 0 Å². The molecule has 140 valence electrons. The molecule has 0 saturated heterocycles. The lowest BCUT2D eigenvalue weighted by Crippen LogP contribution is -2.43. The summed E-state index contributed by atoms with van der Waals surface area (Å²) in [5.41, 5.74) is 6.06. The summed E-state index contributed by atoms with van der Waals surface area (Å²) >= 11 is 0. The molecule has 27 heavy (non-hydrogen) atoms. The average molecular weight is 362 g/mol. The van der Waals surface area contributed by atoms with Gasteiger partial charge in [-0.1, -0.05) is 36.8 Å². The molecule has 0 amide bonds. The van der Waals surface area contributed by atoms with Gasteiger partial charge in [-0.05, 0) is 67.9 Å². The molecular formula is C24H26O3. The molecule has 0 spiro atoms. The van der Waals surface area contributed by atoms with Crippen LogP contribution in [-0.2, 0) is 5.41 Å². The van der Waals surface area contributed by atoms with E-state index in [1.807, 2.05) is 24.3 Å². The van der Waals surface area contributed by atoms with Gasteiger partial charge in [0.05, 0.1) is 7.11 Å². The number of Topliss-reactive ketones (excluding diaryl/α,β-unsaturated/α-hetero) is 1. The van der Waals surface area contributed by atoms with E-state index in [0.29, 0.717) is 17.1 Å². The summed E-state index contributed by atoms with van der Waals surface area (Å²) in [6, 6.07) is 12.0. The number of hydrogen-bond donors (Lipinski definition) is 0. The lowest BCUT2D eigenvalue weighted by Gasteiger charge is -2.46. The number of methoxy groups -OCH3 is 1. The summed E-state index contributed by atoms with van der Waals surface area (Å²) in [6.45, 7) is 8.78. The first-order valence-corrected chi connectivity index (χ1v) is 9.51. The predicted molar refractivity (Wildman–Crippen MR) is 108 cm³/mol. The molecular weight excluding hydrogens is 336 g/mol. The molecule has 0 bridgehead atoms. The van der Waals surface area contributed by atoms with Crippen molar-refractivity contribution < 1.29 is 13.9 Å². The number of benzene rings is 2. The molecule has 0 N–H and O–H groups in total. The first-order valence-electron chi connectivity index (χ1n) is 9.51. The maximum atomic E-state index is 13.0. The summed E-state index contributed by atoms with van der Waals surface area (Å²) < 4.78 is 11.2. The molecule has 0 aliphatic heterocycles. The van der Waals surface area contributed by atoms with E-state index in [9.17, 15) is 4.79 Å². The van der Waals surface area contributed by atoms with Crippen molar-refractivity contribution in [3.8, 4) is 5.75 Å². The van der Waals surface area contributed by atoms with E-state index in [0.717, 1.165) is 18.2 Å². The van der Waals surface area contributed by atoms with Crippen LogP contribution in [0.15, 0.2) is 40.8 Å². The fourth-order valence-electron chi connectivity index (χ4n) is 5.07. The molecule has 1 aliphatic rings. The highest BCUT2D eigenvalue weighted by molar-refractivity contribution is 6.00. The monoisotopic (exact) mass is 362 g/mol. The lowest BCUT2D eigenvalue weighted by atomic mass is 9.57. The van der Waals surface area contributed by atoms with Crippen molar-refractivity contribution in [1.29, 1.82) is 0 Å². The molecule has 4 rings (SSSR count). The summed E-state index contributed by atoms with van der Waals surface area (Å²) in [7, 11) is 1.61. The number of rotatable bonds is 4. The Labute approximate surface area is 160 Å². The molecule has 0 radical (unpaired) electrons. The Morgan fingerprint density at radius 2 is 1.78 bits per heavy atom. The van der Waals surface area contributed by atoms with Crippen LogP contribution in [0.2, 0.25) is 0 Å². The van der Waals surface area contributed by atoms with Crippen molar-refractivity contribution in [1.82, 2.24) is 0 Å². The van der Waals surface area contributed by atoms with E-state index >= 15 is 0 Å². The van der Waals surface area contributed by atoms with Gasteiger partial charge in [0.1, 0.15) is 0 Å². The number of fused-ring (bicyclic) bond motifs is 1. The number of carbonyl (C=O) groups excluding carboxylic acids is 1. The van der Waals surface area contributed by atoms with E-state index in [1.165, 1.54) is 22.3 Å². The second-order valence-electron chi connectivity index (χ2n) is 8.29. The van der Waals surface area contributed by atoms with Gasteiger partial charge < -0.3 is 9.15 Å². The fourth-order valence-corrected chi connectivity index (χ4v) is 5.07.